The number of pyridine rings is 2. The first-order valence-electron chi connectivity index (χ1n) is 6.00. The van der Waals surface area contributed by atoms with Gasteiger partial charge in [0.15, 0.2) is 0 Å². The Morgan fingerprint density at radius 2 is 0.923 bits per heavy atom. The predicted octanol–water partition coefficient (Wildman–Crippen LogP) is -4.77. The minimum Gasteiger partial charge on any atom is -0.545 e. The zero-order valence-electron chi connectivity index (χ0n) is 12.6. The molecule has 0 amide bonds. The van der Waals surface area contributed by atoms with E-state index in [2.05, 4.69) is 9.97 Å². The minimum absolute atomic E-state index is 0. The van der Waals surface area contributed by atoms with E-state index in [4.69, 9.17) is 0 Å². The molecule has 0 aromatic carbocycles. The van der Waals surface area contributed by atoms with Gasteiger partial charge in [-0.3, -0.25) is 9.97 Å². The van der Waals surface area contributed by atoms with Gasteiger partial charge in [-0.15, -0.1) is 0 Å². The molecule has 26 heavy (non-hydrogen) atoms. The number of rotatable bonds is 4. The number of carboxylic acid groups (broad SMARTS) is 4. The Kier molecular flexibility index (Phi) is 12.4. The molecule has 0 aliphatic carbocycles. The molecule has 0 aliphatic rings. The topological polar surface area (TPSA) is 186 Å². The van der Waals surface area contributed by atoms with Gasteiger partial charge in [-0.2, -0.15) is 0 Å². The predicted molar refractivity (Wildman–Crippen MR) is 71.6 cm³/mol. The quantitative estimate of drug-likeness (QED) is 0.423. The van der Waals surface area contributed by atoms with Crippen molar-refractivity contribution in [2.24, 2.45) is 0 Å². The van der Waals surface area contributed by atoms with Crippen molar-refractivity contribution >= 4 is 61.6 Å². The molecule has 0 N–H and O–H groups in total. The van der Waals surface area contributed by atoms with Gasteiger partial charge in [-0.25, -0.2) is 0 Å². The third-order valence-corrected chi connectivity index (χ3v) is 2.42. The largest absolute Gasteiger partial charge is 2.00 e. The molecule has 0 fully saturated rings. The van der Waals surface area contributed by atoms with Gasteiger partial charge >= 0.3 is 54.8 Å². The van der Waals surface area contributed by atoms with Crippen molar-refractivity contribution in [3.63, 3.8) is 0 Å². The average molecular weight is 434 g/mol. The Balaban J connectivity index is 0. The number of carbonyl (C=O) groups excluding carboxylic acids is 4. The van der Waals surface area contributed by atoms with Gasteiger partial charge in [0, 0.05) is 23.5 Å². The second kappa shape index (κ2) is 12.3. The third kappa shape index (κ3) is 8.36. The summed E-state index contributed by atoms with van der Waals surface area (Å²) in [4.78, 5) is 47.3. The molecule has 0 spiro atoms. The first-order valence-corrected chi connectivity index (χ1v) is 6.00. The van der Waals surface area contributed by atoms with Crippen molar-refractivity contribution < 1.29 is 56.7 Å². The first kappa shape index (κ1) is 26.2. The molecule has 0 atom stereocenters. The molecule has 2 aromatic heterocycles. The van der Waals surface area contributed by atoms with Gasteiger partial charge in [0.25, 0.3) is 0 Å². The summed E-state index contributed by atoms with van der Waals surface area (Å²) >= 11 is 0. The maximum atomic E-state index is 10.2. The van der Waals surface area contributed by atoms with E-state index in [1.54, 1.807) is 0 Å². The van der Waals surface area contributed by atoms with E-state index >= 15 is 0 Å². The van der Waals surface area contributed by atoms with Crippen molar-refractivity contribution in [2.45, 2.75) is 0 Å². The van der Waals surface area contributed by atoms with Gasteiger partial charge in [0.2, 0.25) is 0 Å². The summed E-state index contributed by atoms with van der Waals surface area (Å²) in [6.45, 7) is 0. The summed E-state index contributed by atoms with van der Waals surface area (Å²) < 4.78 is 0. The van der Waals surface area contributed by atoms with E-state index in [1.807, 2.05) is 0 Å². The number of hydrogen-bond donors (Lipinski definition) is 0. The Labute approximate surface area is 186 Å². The van der Waals surface area contributed by atoms with Gasteiger partial charge < -0.3 is 39.6 Å². The van der Waals surface area contributed by atoms with Gasteiger partial charge in [0.05, 0.1) is 35.3 Å². The normalized spacial score (nSPS) is 8.62. The molecule has 133 valence electrons. The molecule has 2 aromatic rings. The van der Waals surface area contributed by atoms with Crippen LogP contribution in [0.4, 0.5) is 0 Å². The minimum atomic E-state index is -1.44. The molecule has 2 heterocycles. The van der Waals surface area contributed by atoms with Crippen LogP contribution in [0.1, 0.15) is 41.7 Å². The number of carboxylic acids is 4. The number of hydrogen-bond acceptors (Lipinski definition) is 10. The van der Waals surface area contributed by atoms with E-state index in [0.717, 1.165) is 36.7 Å². The van der Waals surface area contributed by atoms with Crippen molar-refractivity contribution in [3.05, 3.63) is 59.2 Å². The molecule has 10 nitrogen and oxygen atoms in total. The fourth-order valence-electron chi connectivity index (χ4n) is 1.27. The number of aromatic carboxylic acids is 4. The number of nitrogens with zero attached hydrogens (tertiary/aromatic N) is 2. The van der Waals surface area contributed by atoms with Crippen LogP contribution in [0.2, 0.25) is 0 Å². The van der Waals surface area contributed by atoms with E-state index in [1.165, 1.54) is 0 Å². The molecule has 0 aliphatic heterocycles. The number of carbonyl (C=O) groups is 4. The van der Waals surface area contributed by atoms with Crippen LogP contribution < -0.4 is 20.4 Å². The average Bonchev–Trinajstić information content (AvgIpc) is 2.55. The standard InChI is InChI=1S/2C7H5NO4.Ca.Cu/c2*9-6(10)4-1-2-5(7(11)12)8-3-4;;/h2*1-3H,(H,9,10)(H,11,12);;/q;;2*+2/p-4. The third-order valence-electron chi connectivity index (χ3n) is 2.42. The van der Waals surface area contributed by atoms with E-state index in [-0.39, 0.29) is 77.3 Å². The summed E-state index contributed by atoms with van der Waals surface area (Å²) in [5.41, 5.74) is -0.944. The monoisotopic (exact) mass is 433 g/mol. The molecule has 1 radical (unpaired) electrons. The number of aromatic nitrogens is 2. The summed E-state index contributed by atoms with van der Waals surface area (Å²) in [6, 6.07) is 4.27. The SMILES string of the molecule is O=C([O-])c1ccc(C(=O)[O-])nc1.O=C([O-])c1ccc(C(=O)[O-])nc1.[Ca+2].[Cu+2]. The molecule has 12 heteroatoms. The zero-order valence-corrected chi connectivity index (χ0v) is 15.8. The summed E-state index contributed by atoms with van der Waals surface area (Å²) in [7, 11) is 0. The van der Waals surface area contributed by atoms with Crippen molar-refractivity contribution in [2.75, 3.05) is 0 Å². The summed E-state index contributed by atoms with van der Waals surface area (Å²) in [5.74, 6) is -5.68. The smallest absolute Gasteiger partial charge is 0.545 e. The summed E-state index contributed by atoms with van der Waals surface area (Å²) in [6.07, 6.45) is 1.81. The first-order chi connectivity index (χ1) is 11.2. The molecule has 0 bridgehead atoms. The van der Waals surface area contributed by atoms with Crippen LogP contribution in [-0.4, -0.2) is 71.6 Å². The molecule has 0 saturated carbocycles. The van der Waals surface area contributed by atoms with Crippen LogP contribution in [-0.2, 0) is 17.1 Å². The van der Waals surface area contributed by atoms with Crippen LogP contribution >= 0.6 is 0 Å². The molecular formula is C14H6CaCuN2O8. The van der Waals surface area contributed by atoms with Crippen LogP contribution in [0, 0.1) is 0 Å². The Morgan fingerprint density at radius 3 is 1.08 bits per heavy atom. The van der Waals surface area contributed by atoms with Crippen LogP contribution in [0.25, 0.3) is 0 Å². The zero-order chi connectivity index (χ0) is 18.3. The Hall–Kier alpha value is -2.04. The Morgan fingerprint density at radius 1 is 0.615 bits per heavy atom. The second-order valence-corrected chi connectivity index (χ2v) is 4.01. The Bertz CT molecular complexity index is 647. The van der Waals surface area contributed by atoms with E-state index in [9.17, 15) is 39.6 Å². The molecular weight excluding hydrogens is 428 g/mol. The fraction of sp³-hybridized carbons (Fsp3) is 0. The van der Waals surface area contributed by atoms with Crippen molar-refractivity contribution in [3.8, 4) is 0 Å². The second-order valence-electron chi connectivity index (χ2n) is 4.01. The van der Waals surface area contributed by atoms with Gasteiger partial charge in [-0.05, 0) is 24.3 Å². The fourth-order valence-corrected chi connectivity index (χ4v) is 1.27. The van der Waals surface area contributed by atoms with Crippen molar-refractivity contribution in [1.82, 2.24) is 9.97 Å². The van der Waals surface area contributed by atoms with Gasteiger partial charge in [-0.1, -0.05) is 0 Å². The molecule has 2 rings (SSSR count). The van der Waals surface area contributed by atoms with Crippen LogP contribution in [0.5, 0.6) is 0 Å². The van der Waals surface area contributed by atoms with Crippen LogP contribution in [0.15, 0.2) is 36.7 Å². The maximum Gasteiger partial charge on any atom is 2.00 e. The molecule has 0 unspecified atom stereocenters. The molecule has 0 saturated heterocycles. The van der Waals surface area contributed by atoms with Crippen LogP contribution in [0.3, 0.4) is 0 Å². The maximum absolute atomic E-state index is 10.2. The van der Waals surface area contributed by atoms with E-state index < -0.39 is 23.9 Å². The van der Waals surface area contributed by atoms with Gasteiger partial charge in [0.1, 0.15) is 0 Å². The summed E-state index contributed by atoms with van der Waals surface area (Å²) in [5, 5.41) is 40.6. The van der Waals surface area contributed by atoms with Crippen molar-refractivity contribution in [1.29, 1.82) is 0 Å². The van der Waals surface area contributed by atoms with E-state index in [0.29, 0.717) is 0 Å².